The molecule has 2 aliphatic carbocycles. The van der Waals surface area contributed by atoms with E-state index in [-0.39, 0.29) is 29.8 Å². The topological polar surface area (TPSA) is 87.7 Å². The van der Waals surface area contributed by atoms with Gasteiger partial charge in [-0.05, 0) is 74.5 Å². The van der Waals surface area contributed by atoms with Gasteiger partial charge in [-0.25, -0.2) is 0 Å². The van der Waals surface area contributed by atoms with E-state index in [0.717, 1.165) is 44.1 Å². The third kappa shape index (κ3) is 4.41. The number of anilines is 1. The molecule has 2 N–H and O–H groups in total. The molecule has 1 spiro atoms. The third-order valence-electron chi connectivity index (χ3n) is 10.6. The number of likely N-dealkylation sites (tertiary alicyclic amines) is 1. The number of hydrogen-bond donors (Lipinski definition) is 2. The van der Waals surface area contributed by atoms with Gasteiger partial charge in [-0.3, -0.25) is 14.4 Å². The Morgan fingerprint density at radius 1 is 1.03 bits per heavy atom. The molecule has 3 amide bonds. The molecule has 210 valence electrons. The smallest absolute Gasteiger partial charge is 0.246 e. The van der Waals surface area contributed by atoms with Gasteiger partial charge >= 0.3 is 0 Å². The van der Waals surface area contributed by atoms with E-state index >= 15 is 0 Å². The summed E-state index contributed by atoms with van der Waals surface area (Å²) in [6, 6.07) is 6.99. The van der Waals surface area contributed by atoms with Crippen molar-refractivity contribution >= 4 is 23.4 Å². The largest absolute Gasteiger partial charge is 0.359 e. The Morgan fingerprint density at radius 3 is 2.54 bits per heavy atom. The van der Waals surface area contributed by atoms with Gasteiger partial charge in [0.2, 0.25) is 17.7 Å². The minimum atomic E-state index is -1.10. The lowest BCUT2D eigenvalue weighted by Crippen LogP contribution is -2.59. The summed E-state index contributed by atoms with van der Waals surface area (Å²) in [5.41, 5.74) is 0.651. The summed E-state index contributed by atoms with van der Waals surface area (Å²) in [5, 5.41) is 6.41. The first-order chi connectivity index (χ1) is 18.7. The van der Waals surface area contributed by atoms with Crippen LogP contribution in [-0.2, 0) is 19.1 Å². The van der Waals surface area contributed by atoms with Crippen LogP contribution in [0.2, 0.25) is 0 Å². The zero-order valence-electron chi connectivity index (χ0n) is 23.7. The molecule has 3 aliphatic heterocycles. The SMILES string of the molecule is Cc1cccc(NC(=O)[C@@H]2[C@@H]3C=C[C@]4(O3)[C@@H]2C(=O)N(C2CCC(C)CC2)[C@H]4C(=O)N[C@@H]2CCC[C@H](C)[C@H]2C)c1. The first-order valence-electron chi connectivity index (χ1n) is 15.1. The first-order valence-corrected chi connectivity index (χ1v) is 15.1. The van der Waals surface area contributed by atoms with E-state index < -0.39 is 29.6 Å². The van der Waals surface area contributed by atoms with Gasteiger partial charge < -0.3 is 20.3 Å². The van der Waals surface area contributed by atoms with E-state index in [0.29, 0.717) is 23.4 Å². The van der Waals surface area contributed by atoms with Crippen molar-refractivity contribution in [2.24, 2.45) is 29.6 Å². The van der Waals surface area contributed by atoms with E-state index in [1.54, 1.807) is 0 Å². The second-order valence-corrected chi connectivity index (χ2v) is 13.1. The van der Waals surface area contributed by atoms with Crippen LogP contribution in [0, 0.1) is 36.5 Å². The summed E-state index contributed by atoms with van der Waals surface area (Å²) < 4.78 is 6.57. The average Bonchev–Trinajstić information content (AvgIpc) is 3.55. The van der Waals surface area contributed by atoms with Crippen LogP contribution >= 0.6 is 0 Å². The minimum Gasteiger partial charge on any atom is -0.359 e. The van der Waals surface area contributed by atoms with E-state index in [1.807, 2.05) is 48.2 Å². The molecule has 39 heavy (non-hydrogen) atoms. The highest BCUT2D eigenvalue weighted by Crippen LogP contribution is 2.56. The number of rotatable bonds is 5. The number of fused-ring (bicyclic) bond motifs is 1. The summed E-state index contributed by atoms with van der Waals surface area (Å²) in [6.07, 6.45) is 10.4. The highest BCUT2D eigenvalue weighted by atomic mass is 16.5. The zero-order chi connectivity index (χ0) is 27.5. The molecule has 1 aromatic rings. The number of nitrogens with one attached hydrogen (secondary N) is 2. The molecule has 4 fully saturated rings. The van der Waals surface area contributed by atoms with Crippen molar-refractivity contribution in [3.8, 4) is 0 Å². The Balaban J connectivity index is 1.32. The number of benzene rings is 1. The molecule has 6 rings (SSSR count). The third-order valence-corrected chi connectivity index (χ3v) is 10.6. The molecule has 7 nitrogen and oxygen atoms in total. The van der Waals surface area contributed by atoms with Crippen LogP contribution in [-0.4, -0.2) is 52.5 Å². The highest BCUT2D eigenvalue weighted by molar-refractivity contribution is 6.03. The Labute approximate surface area is 232 Å². The van der Waals surface area contributed by atoms with Crippen LogP contribution < -0.4 is 10.6 Å². The fourth-order valence-electron chi connectivity index (χ4n) is 8.12. The van der Waals surface area contributed by atoms with E-state index in [1.165, 1.54) is 6.42 Å². The van der Waals surface area contributed by atoms with E-state index in [2.05, 4.69) is 31.4 Å². The fraction of sp³-hybridized carbons (Fsp3) is 0.656. The standard InChI is InChI=1S/C32H43N3O4/c1-18-11-13-23(14-12-18)35-28(30(37)34-24-10-6-8-20(3)21(24)4)32-16-15-25(39-32)26(27(32)31(35)38)29(36)33-22-9-5-7-19(2)17-22/h5,7,9,15-18,20-21,23-28H,6,8,10-14H2,1-4H3,(H,33,36)(H,34,37)/t18?,20-,21+,23?,24+,25-,26+,27-,28-,32-/m0/s1. The quantitative estimate of drug-likeness (QED) is 0.542. The van der Waals surface area contributed by atoms with Gasteiger partial charge in [-0.15, -0.1) is 0 Å². The summed E-state index contributed by atoms with van der Waals surface area (Å²) in [5.74, 6) is -0.270. The highest BCUT2D eigenvalue weighted by Gasteiger charge is 2.73. The summed E-state index contributed by atoms with van der Waals surface area (Å²) >= 11 is 0. The molecule has 1 aromatic carbocycles. The number of nitrogens with zero attached hydrogens (tertiary/aromatic N) is 1. The normalized spacial score (nSPS) is 41.0. The maximum Gasteiger partial charge on any atom is 0.246 e. The Hall–Kier alpha value is -2.67. The molecule has 8 atom stereocenters. The number of amides is 3. The second-order valence-electron chi connectivity index (χ2n) is 13.1. The van der Waals surface area contributed by atoms with Gasteiger partial charge in [0.1, 0.15) is 11.6 Å². The predicted octanol–water partition coefficient (Wildman–Crippen LogP) is 4.60. The monoisotopic (exact) mass is 533 g/mol. The van der Waals surface area contributed by atoms with Gasteiger partial charge in [-0.2, -0.15) is 0 Å². The molecule has 0 aromatic heterocycles. The van der Waals surface area contributed by atoms with Gasteiger partial charge in [0.25, 0.3) is 0 Å². The van der Waals surface area contributed by atoms with Gasteiger partial charge in [0.05, 0.1) is 17.9 Å². The fourth-order valence-corrected chi connectivity index (χ4v) is 8.12. The summed E-state index contributed by atoms with van der Waals surface area (Å²) in [4.78, 5) is 44.1. The van der Waals surface area contributed by atoms with Crippen molar-refractivity contribution in [1.82, 2.24) is 10.2 Å². The molecule has 2 bridgehead atoms. The van der Waals surface area contributed by atoms with Crippen LogP contribution in [0.25, 0.3) is 0 Å². The van der Waals surface area contributed by atoms with Crippen molar-refractivity contribution in [2.45, 2.75) is 102 Å². The number of hydrogen-bond acceptors (Lipinski definition) is 4. The molecule has 2 saturated heterocycles. The minimum absolute atomic E-state index is 0.0105. The number of ether oxygens (including phenoxy) is 1. The second kappa shape index (κ2) is 10.1. The lowest BCUT2D eigenvalue weighted by Gasteiger charge is -2.41. The Kier molecular flexibility index (Phi) is 6.85. The van der Waals surface area contributed by atoms with Crippen molar-refractivity contribution in [2.75, 3.05) is 5.32 Å². The molecule has 5 aliphatic rings. The maximum atomic E-state index is 14.3. The van der Waals surface area contributed by atoms with Crippen LogP contribution in [0.5, 0.6) is 0 Å². The lowest BCUT2D eigenvalue weighted by atomic mass is 9.73. The molecular formula is C32H43N3O4. The molecule has 7 heteroatoms. The van der Waals surface area contributed by atoms with Crippen molar-refractivity contribution < 1.29 is 19.1 Å². The summed E-state index contributed by atoms with van der Waals surface area (Å²) in [6.45, 7) is 8.71. The average molecular weight is 534 g/mol. The zero-order valence-corrected chi connectivity index (χ0v) is 23.7. The molecular weight excluding hydrogens is 490 g/mol. The predicted molar refractivity (Wildman–Crippen MR) is 150 cm³/mol. The molecule has 3 heterocycles. The lowest BCUT2D eigenvalue weighted by molar-refractivity contribution is -0.145. The molecule has 2 saturated carbocycles. The van der Waals surface area contributed by atoms with Gasteiger partial charge in [-0.1, -0.05) is 57.9 Å². The van der Waals surface area contributed by atoms with Crippen LogP contribution in [0.3, 0.4) is 0 Å². The number of aryl methyl sites for hydroxylation is 1. The van der Waals surface area contributed by atoms with Gasteiger partial charge in [0, 0.05) is 17.8 Å². The van der Waals surface area contributed by atoms with Crippen LogP contribution in [0.15, 0.2) is 36.4 Å². The Bertz CT molecular complexity index is 1170. The maximum absolute atomic E-state index is 14.3. The summed E-state index contributed by atoms with van der Waals surface area (Å²) in [7, 11) is 0. The first kappa shape index (κ1) is 26.5. The van der Waals surface area contributed by atoms with Crippen LogP contribution in [0.1, 0.15) is 71.3 Å². The van der Waals surface area contributed by atoms with Crippen LogP contribution in [0.4, 0.5) is 5.69 Å². The van der Waals surface area contributed by atoms with Gasteiger partial charge in [0.15, 0.2) is 0 Å². The molecule has 0 unspecified atom stereocenters. The Morgan fingerprint density at radius 2 is 1.79 bits per heavy atom. The molecule has 0 radical (unpaired) electrons. The van der Waals surface area contributed by atoms with Crippen molar-refractivity contribution in [3.63, 3.8) is 0 Å². The van der Waals surface area contributed by atoms with Crippen molar-refractivity contribution in [3.05, 3.63) is 42.0 Å². The number of carbonyl (C=O) groups excluding carboxylic acids is 3. The van der Waals surface area contributed by atoms with E-state index in [9.17, 15) is 14.4 Å². The number of carbonyl (C=O) groups is 3. The van der Waals surface area contributed by atoms with E-state index in [4.69, 9.17) is 4.74 Å². The van der Waals surface area contributed by atoms with Crippen molar-refractivity contribution in [1.29, 1.82) is 0 Å².